The molecule has 1 aromatic carbocycles. The van der Waals surface area contributed by atoms with Crippen LogP contribution >= 0.6 is 0 Å². The lowest BCUT2D eigenvalue weighted by atomic mass is 9.83. The minimum absolute atomic E-state index is 0.218. The van der Waals surface area contributed by atoms with E-state index in [1.54, 1.807) is 0 Å². The van der Waals surface area contributed by atoms with Crippen LogP contribution in [0.2, 0.25) is 0 Å². The molecule has 0 bridgehead atoms. The first-order valence-corrected chi connectivity index (χ1v) is 5.96. The van der Waals surface area contributed by atoms with Crippen LogP contribution in [-0.2, 0) is 0 Å². The maximum Gasteiger partial charge on any atom is 0.167 e. The number of methoxy groups -OCH3 is 1. The Kier molecular flexibility index (Phi) is 3.71. The van der Waals surface area contributed by atoms with E-state index in [0.29, 0.717) is 12.4 Å². The lowest BCUT2D eigenvalue weighted by Gasteiger charge is -2.25. The summed E-state index contributed by atoms with van der Waals surface area (Å²) in [7, 11) is 1.50. The second-order valence-electron chi connectivity index (χ2n) is 4.46. The molecule has 0 heterocycles. The molecule has 1 saturated carbocycles. The van der Waals surface area contributed by atoms with Gasteiger partial charge in [-0.3, -0.25) is 0 Å². The smallest absolute Gasteiger partial charge is 0.167 e. The molecule has 1 fully saturated rings. The van der Waals surface area contributed by atoms with Gasteiger partial charge in [-0.15, -0.1) is 0 Å². The van der Waals surface area contributed by atoms with E-state index < -0.39 is 5.82 Å². The van der Waals surface area contributed by atoms with Crippen LogP contribution in [0.25, 0.3) is 0 Å². The van der Waals surface area contributed by atoms with E-state index in [4.69, 9.17) is 15.2 Å². The van der Waals surface area contributed by atoms with Gasteiger partial charge in [0.1, 0.15) is 5.75 Å². The monoisotopic (exact) mass is 239 g/mol. The van der Waals surface area contributed by atoms with Crippen molar-refractivity contribution in [3.05, 3.63) is 17.9 Å². The largest absolute Gasteiger partial charge is 0.494 e. The second-order valence-corrected chi connectivity index (χ2v) is 4.46. The minimum atomic E-state index is -0.433. The molecule has 0 aromatic heterocycles. The number of ether oxygens (including phenoxy) is 2. The van der Waals surface area contributed by atoms with Gasteiger partial charge in [-0.25, -0.2) is 4.39 Å². The summed E-state index contributed by atoms with van der Waals surface area (Å²) in [6, 6.07) is 2.74. The van der Waals surface area contributed by atoms with Gasteiger partial charge < -0.3 is 15.2 Å². The Labute approximate surface area is 101 Å². The maximum atomic E-state index is 13.5. The van der Waals surface area contributed by atoms with E-state index in [9.17, 15) is 4.39 Å². The van der Waals surface area contributed by atoms with Crippen LogP contribution in [0.3, 0.4) is 0 Å². The number of nitrogens with two attached hydrogens (primary N) is 1. The van der Waals surface area contributed by atoms with Crippen LogP contribution < -0.4 is 15.2 Å². The molecule has 0 saturated heterocycles. The normalized spacial score (nSPS) is 15.4. The summed E-state index contributed by atoms with van der Waals surface area (Å²) >= 11 is 0. The third kappa shape index (κ3) is 2.81. The molecule has 94 valence electrons. The average Bonchev–Trinajstić information content (AvgIpc) is 2.24. The highest BCUT2D eigenvalue weighted by molar-refractivity contribution is 5.56. The zero-order valence-corrected chi connectivity index (χ0v) is 10.0. The number of rotatable bonds is 5. The van der Waals surface area contributed by atoms with Crippen LogP contribution in [0.4, 0.5) is 10.1 Å². The van der Waals surface area contributed by atoms with Crippen molar-refractivity contribution in [3.63, 3.8) is 0 Å². The van der Waals surface area contributed by atoms with Crippen molar-refractivity contribution in [2.75, 3.05) is 19.5 Å². The molecule has 0 spiro atoms. The fourth-order valence-electron chi connectivity index (χ4n) is 1.95. The summed E-state index contributed by atoms with van der Waals surface area (Å²) in [5.41, 5.74) is 5.88. The Bertz CT molecular complexity index is 391. The summed E-state index contributed by atoms with van der Waals surface area (Å²) < 4.78 is 24.0. The summed E-state index contributed by atoms with van der Waals surface area (Å²) in [5.74, 6) is 0.992. The predicted octanol–water partition coefficient (Wildman–Crippen LogP) is 2.99. The first-order valence-electron chi connectivity index (χ1n) is 5.96. The van der Waals surface area contributed by atoms with Crippen LogP contribution in [0.5, 0.6) is 11.5 Å². The molecular formula is C13H18FNO2. The molecule has 0 unspecified atom stereocenters. The van der Waals surface area contributed by atoms with Crippen molar-refractivity contribution in [1.29, 1.82) is 0 Å². The maximum absolute atomic E-state index is 13.5. The Balaban J connectivity index is 1.94. The molecule has 3 nitrogen and oxygen atoms in total. The summed E-state index contributed by atoms with van der Waals surface area (Å²) in [4.78, 5) is 0. The summed E-state index contributed by atoms with van der Waals surface area (Å²) in [5, 5.41) is 0. The van der Waals surface area contributed by atoms with Gasteiger partial charge in [0, 0.05) is 12.1 Å². The lowest BCUT2D eigenvalue weighted by molar-refractivity contribution is 0.216. The Morgan fingerprint density at radius 3 is 2.71 bits per heavy atom. The van der Waals surface area contributed by atoms with Crippen LogP contribution in [0, 0.1) is 11.7 Å². The molecule has 1 aromatic rings. The van der Waals surface area contributed by atoms with Gasteiger partial charge in [-0.05, 0) is 12.3 Å². The van der Waals surface area contributed by atoms with Gasteiger partial charge in [-0.1, -0.05) is 19.3 Å². The number of hydrogen-bond acceptors (Lipinski definition) is 3. The molecule has 2 N–H and O–H groups in total. The molecule has 17 heavy (non-hydrogen) atoms. The zero-order valence-electron chi connectivity index (χ0n) is 10.0. The number of nitrogen functional groups attached to an aromatic ring is 1. The van der Waals surface area contributed by atoms with E-state index in [1.165, 1.54) is 38.5 Å². The van der Waals surface area contributed by atoms with Crippen molar-refractivity contribution in [3.8, 4) is 11.5 Å². The first kappa shape index (κ1) is 12.0. The highest BCUT2D eigenvalue weighted by atomic mass is 19.1. The molecule has 1 aliphatic rings. The Morgan fingerprint density at radius 2 is 2.12 bits per heavy atom. The average molecular weight is 239 g/mol. The molecule has 0 aliphatic heterocycles. The SMILES string of the molecule is COc1cc(OCCC2CCC2)c(F)cc1N. The van der Waals surface area contributed by atoms with E-state index in [1.807, 2.05) is 0 Å². The topological polar surface area (TPSA) is 44.5 Å². The highest BCUT2D eigenvalue weighted by Gasteiger charge is 2.17. The van der Waals surface area contributed by atoms with Crippen LogP contribution in [0.15, 0.2) is 12.1 Å². The number of benzene rings is 1. The molecule has 2 rings (SSSR count). The highest BCUT2D eigenvalue weighted by Crippen LogP contribution is 2.32. The molecule has 4 heteroatoms. The zero-order chi connectivity index (χ0) is 12.3. The van der Waals surface area contributed by atoms with E-state index in [2.05, 4.69) is 0 Å². The van der Waals surface area contributed by atoms with Crippen LogP contribution in [0.1, 0.15) is 25.7 Å². The van der Waals surface area contributed by atoms with Gasteiger partial charge >= 0.3 is 0 Å². The Hall–Kier alpha value is -1.45. The van der Waals surface area contributed by atoms with Crippen LogP contribution in [-0.4, -0.2) is 13.7 Å². The molecule has 0 amide bonds. The van der Waals surface area contributed by atoms with Crippen molar-refractivity contribution in [1.82, 2.24) is 0 Å². The minimum Gasteiger partial charge on any atom is -0.494 e. The number of halogens is 1. The fourth-order valence-corrected chi connectivity index (χ4v) is 1.95. The predicted molar refractivity (Wildman–Crippen MR) is 64.8 cm³/mol. The standard InChI is InChI=1S/C13H18FNO2/c1-16-13-8-12(10(14)7-11(13)15)17-6-5-9-3-2-4-9/h7-9H,2-6,15H2,1H3. The van der Waals surface area contributed by atoms with E-state index in [0.717, 1.165) is 12.3 Å². The quantitative estimate of drug-likeness (QED) is 0.803. The molecular weight excluding hydrogens is 221 g/mol. The molecule has 0 atom stereocenters. The lowest BCUT2D eigenvalue weighted by Crippen LogP contribution is -2.14. The van der Waals surface area contributed by atoms with Crippen molar-refractivity contribution >= 4 is 5.69 Å². The fraction of sp³-hybridized carbons (Fsp3) is 0.538. The van der Waals surface area contributed by atoms with Gasteiger partial charge in [0.05, 0.1) is 19.4 Å². The molecule has 0 radical (unpaired) electrons. The van der Waals surface area contributed by atoms with Gasteiger partial charge in [0.25, 0.3) is 0 Å². The van der Waals surface area contributed by atoms with E-state index >= 15 is 0 Å². The van der Waals surface area contributed by atoms with Gasteiger partial charge in [0.2, 0.25) is 0 Å². The Morgan fingerprint density at radius 1 is 1.35 bits per heavy atom. The third-order valence-electron chi connectivity index (χ3n) is 3.29. The summed E-state index contributed by atoms with van der Waals surface area (Å²) in [6.45, 7) is 0.550. The number of anilines is 1. The van der Waals surface area contributed by atoms with Crippen molar-refractivity contribution in [2.45, 2.75) is 25.7 Å². The summed E-state index contributed by atoms with van der Waals surface area (Å²) in [6.07, 6.45) is 4.86. The van der Waals surface area contributed by atoms with Gasteiger partial charge in [-0.2, -0.15) is 0 Å². The van der Waals surface area contributed by atoms with Crippen molar-refractivity contribution in [2.24, 2.45) is 5.92 Å². The van der Waals surface area contributed by atoms with Crippen molar-refractivity contribution < 1.29 is 13.9 Å². The number of hydrogen-bond donors (Lipinski definition) is 1. The first-order chi connectivity index (χ1) is 8.20. The van der Waals surface area contributed by atoms with Gasteiger partial charge in [0.15, 0.2) is 11.6 Å². The van der Waals surface area contributed by atoms with E-state index in [-0.39, 0.29) is 11.4 Å². The molecule has 1 aliphatic carbocycles. The second kappa shape index (κ2) is 5.25. The third-order valence-corrected chi connectivity index (χ3v) is 3.29.